The van der Waals surface area contributed by atoms with Crippen LogP contribution in [-0.4, -0.2) is 44.3 Å². The topological polar surface area (TPSA) is 70.6 Å². The molecule has 0 spiro atoms. The Hall–Kier alpha value is -2.77. The van der Waals surface area contributed by atoms with E-state index in [2.05, 4.69) is 4.98 Å². The number of aryl methyl sites for hydroxylation is 1. The van der Waals surface area contributed by atoms with Crippen molar-refractivity contribution in [3.05, 3.63) is 66.4 Å². The fourth-order valence-corrected chi connectivity index (χ4v) is 4.03. The fourth-order valence-electron chi connectivity index (χ4n) is 2.75. The summed E-state index contributed by atoms with van der Waals surface area (Å²) < 4.78 is 27.1. The molecule has 1 amide bonds. The minimum atomic E-state index is -3.86. The van der Waals surface area contributed by atoms with Crippen LogP contribution in [0, 0.1) is 6.92 Å². The van der Waals surface area contributed by atoms with Crippen molar-refractivity contribution in [1.29, 1.82) is 0 Å². The van der Waals surface area contributed by atoms with Crippen LogP contribution in [-0.2, 0) is 14.8 Å². The highest BCUT2D eigenvalue weighted by molar-refractivity contribution is 7.89. The second kappa shape index (κ2) is 7.46. The van der Waals surface area contributed by atoms with Crippen LogP contribution in [0.15, 0.2) is 65.7 Å². The Balaban J connectivity index is 1.84. The standard InChI is InChI=1S/C20H21N3O3S/c1-15-9-11-17(12-10-15)23(3)19(24)14-22(2)27(25,26)18-8-4-6-16-7-5-13-21-20(16)18/h4-13H,14H2,1-3H3. The van der Waals surface area contributed by atoms with Crippen LogP contribution in [0.4, 0.5) is 5.69 Å². The van der Waals surface area contributed by atoms with Gasteiger partial charge < -0.3 is 4.90 Å². The summed E-state index contributed by atoms with van der Waals surface area (Å²) in [6, 6.07) is 16.0. The first kappa shape index (κ1) is 19.0. The fraction of sp³-hybridized carbons (Fsp3) is 0.200. The van der Waals surface area contributed by atoms with E-state index in [0.29, 0.717) is 11.2 Å². The predicted molar refractivity (Wildman–Crippen MR) is 106 cm³/mol. The predicted octanol–water partition coefficient (Wildman–Crippen LogP) is 2.83. The van der Waals surface area contributed by atoms with Crippen LogP contribution in [0.25, 0.3) is 10.9 Å². The number of carbonyl (C=O) groups is 1. The molecule has 0 aliphatic heterocycles. The van der Waals surface area contributed by atoms with E-state index < -0.39 is 10.0 Å². The number of carbonyl (C=O) groups excluding carboxylic acids is 1. The van der Waals surface area contributed by atoms with Gasteiger partial charge in [0, 0.05) is 31.4 Å². The molecule has 0 N–H and O–H groups in total. The van der Waals surface area contributed by atoms with Crippen molar-refractivity contribution in [2.24, 2.45) is 0 Å². The van der Waals surface area contributed by atoms with Gasteiger partial charge in [-0.05, 0) is 31.2 Å². The van der Waals surface area contributed by atoms with E-state index in [0.717, 1.165) is 15.3 Å². The molecule has 3 aromatic rings. The molecule has 0 aliphatic carbocycles. The number of para-hydroxylation sites is 1. The van der Waals surface area contributed by atoms with Gasteiger partial charge in [0.15, 0.2) is 0 Å². The molecule has 1 aromatic heterocycles. The summed E-state index contributed by atoms with van der Waals surface area (Å²) in [4.78, 5) is 18.3. The molecule has 0 radical (unpaired) electrons. The Morgan fingerprint density at radius 1 is 1.00 bits per heavy atom. The highest BCUT2D eigenvalue weighted by atomic mass is 32.2. The van der Waals surface area contributed by atoms with E-state index in [-0.39, 0.29) is 17.3 Å². The van der Waals surface area contributed by atoms with Gasteiger partial charge in [0.05, 0.1) is 12.1 Å². The second-order valence-corrected chi connectivity index (χ2v) is 8.39. The molecule has 0 unspecified atom stereocenters. The third kappa shape index (κ3) is 3.84. The number of pyridine rings is 1. The number of sulfonamides is 1. The number of rotatable bonds is 5. The average molecular weight is 383 g/mol. The molecule has 140 valence electrons. The molecule has 6 nitrogen and oxygen atoms in total. The lowest BCUT2D eigenvalue weighted by molar-refractivity contribution is -0.118. The SMILES string of the molecule is Cc1ccc(N(C)C(=O)CN(C)S(=O)(=O)c2cccc3cccnc23)cc1. The van der Waals surface area contributed by atoms with E-state index in [9.17, 15) is 13.2 Å². The molecular formula is C20H21N3O3S. The van der Waals surface area contributed by atoms with Gasteiger partial charge in [-0.15, -0.1) is 0 Å². The summed E-state index contributed by atoms with van der Waals surface area (Å²) >= 11 is 0. The number of hydrogen-bond donors (Lipinski definition) is 0. The summed E-state index contributed by atoms with van der Waals surface area (Å²) in [5.74, 6) is -0.321. The summed E-state index contributed by atoms with van der Waals surface area (Å²) in [5, 5.41) is 0.732. The lowest BCUT2D eigenvalue weighted by Crippen LogP contribution is -2.39. The van der Waals surface area contributed by atoms with Crippen LogP contribution in [0.5, 0.6) is 0 Å². The summed E-state index contributed by atoms with van der Waals surface area (Å²) in [6.07, 6.45) is 1.55. The Morgan fingerprint density at radius 2 is 1.67 bits per heavy atom. The lowest BCUT2D eigenvalue weighted by Gasteiger charge is -2.22. The monoisotopic (exact) mass is 383 g/mol. The van der Waals surface area contributed by atoms with Crippen molar-refractivity contribution in [2.75, 3.05) is 25.5 Å². The van der Waals surface area contributed by atoms with Crippen molar-refractivity contribution >= 4 is 32.5 Å². The van der Waals surface area contributed by atoms with Crippen molar-refractivity contribution in [1.82, 2.24) is 9.29 Å². The molecule has 3 rings (SSSR count). The molecule has 0 saturated carbocycles. The molecule has 0 bridgehead atoms. The molecule has 7 heteroatoms. The van der Waals surface area contributed by atoms with Crippen molar-refractivity contribution in [3.63, 3.8) is 0 Å². The first-order chi connectivity index (χ1) is 12.8. The van der Waals surface area contributed by atoms with E-state index in [4.69, 9.17) is 0 Å². The molecule has 27 heavy (non-hydrogen) atoms. The number of anilines is 1. The zero-order chi connectivity index (χ0) is 19.6. The molecule has 0 fully saturated rings. The molecule has 1 heterocycles. The number of amides is 1. The maximum atomic E-state index is 13.0. The van der Waals surface area contributed by atoms with E-state index >= 15 is 0 Å². The number of nitrogens with zero attached hydrogens (tertiary/aromatic N) is 3. The highest BCUT2D eigenvalue weighted by Crippen LogP contribution is 2.23. The third-order valence-electron chi connectivity index (χ3n) is 4.44. The van der Waals surface area contributed by atoms with Gasteiger partial charge in [0.1, 0.15) is 4.90 Å². The largest absolute Gasteiger partial charge is 0.314 e. The smallest absolute Gasteiger partial charge is 0.245 e. The van der Waals surface area contributed by atoms with Crippen LogP contribution >= 0.6 is 0 Å². The van der Waals surface area contributed by atoms with Crippen molar-refractivity contribution < 1.29 is 13.2 Å². The zero-order valence-electron chi connectivity index (χ0n) is 15.5. The molecule has 0 atom stereocenters. The Morgan fingerprint density at radius 3 is 2.37 bits per heavy atom. The number of likely N-dealkylation sites (N-methyl/N-ethyl adjacent to an activating group) is 2. The zero-order valence-corrected chi connectivity index (χ0v) is 16.3. The van der Waals surface area contributed by atoms with E-state index in [1.807, 2.05) is 31.2 Å². The van der Waals surface area contributed by atoms with Crippen LogP contribution in [0.1, 0.15) is 5.56 Å². The lowest BCUT2D eigenvalue weighted by atomic mass is 10.2. The first-order valence-electron chi connectivity index (χ1n) is 8.44. The summed E-state index contributed by atoms with van der Waals surface area (Å²) in [6.45, 7) is 1.69. The van der Waals surface area contributed by atoms with Crippen LogP contribution in [0.2, 0.25) is 0 Å². The van der Waals surface area contributed by atoms with Crippen LogP contribution < -0.4 is 4.90 Å². The summed E-state index contributed by atoms with van der Waals surface area (Å²) in [7, 11) is -0.827. The molecular weight excluding hydrogens is 362 g/mol. The first-order valence-corrected chi connectivity index (χ1v) is 9.88. The van der Waals surface area contributed by atoms with Gasteiger partial charge in [-0.2, -0.15) is 4.31 Å². The van der Waals surface area contributed by atoms with Crippen molar-refractivity contribution in [3.8, 4) is 0 Å². The minimum absolute atomic E-state index is 0.0916. The number of hydrogen-bond acceptors (Lipinski definition) is 4. The van der Waals surface area contributed by atoms with Crippen molar-refractivity contribution in [2.45, 2.75) is 11.8 Å². The highest BCUT2D eigenvalue weighted by Gasteiger charge is 2.26. The van der Waals surface area contributed by atoms with Gasteiger partial charge in [-0.3, -0.25) is 9.78 Å². The maximum Gasteiger partial charge on any atom is 0.245 e. The van der Waals surface area contributed by atoms with Gasteiger partial charge in [0.2, 0.25) is 15.9 Å². The van der Waals surface area contributed by atoms with Gasteiger partial charge in [-0.1, -0.05) is 35.9 Å². The summed E-state index contributed by atoms with van der Waals surface area (Å²) in [5.41, 5.74) is 2.19. The quantitative estimate of drug-likeness (QED) is 0.679. The minimum Gasteiger partial charge on any atom is -0.314 e. The van der Waals surface area contributed by atoms with Gasteiger partial charge >= 0.3 is 0 Å². The molecule has 0 aliphatic rings. The number of benzene rings is 2. The molecule has 2 aromatic carbocycles. The Kier molecular flexibility index (Phi) is 5.25. The van der Waals surface area contributed by atoms with Gasteiger partial charge in [-0.25, -0.2) is 8.42 Å². The Labute approximate surface area is 159 Å². The van der Waals surface area contributed by atoms with E-state index in [1.54, 1.807) is 37.5 Å². The number of fused-ring (bicyclic) bond motifs is 1. The third-order valence-corrected chi connectivity index (χ3v) is 6.27. The average Bonchev–Trinajstić information content (AvgIpc) is 2.67. The van der Waals surface area contributed by atoms with Crippen LogP contribution in [0.3, 0.4) is 0 Å². The Bertz CT molecular complexity index is 1070. The molecule has 0 saturated heterocycles. The second-order valence-electron chi connectivity index (χ2n) is 6.38. The van der Waals surface area contributed by atoms with E-state index in [1.165, 1.54) is 18.0 Å². The maximum absolute atomic E-state index is 13.0. The van der Waals surface area contributed by atoms with Gasteiger partial charge in [0.25, 0.3) is 0 Å². The number of aromatic nitrogens is 1. The normalized spacial score (nSPS) is 11.7.